The van der Waals surface area contributed by atoms with Gasteiger partial charge in [-0.1, -0.05) is 24.3 Å². The normalized spacial score (nSPS) is 35.2. The number of aryl methyl sites for hydroxylation is 1. The van der Waals surface area contributed by atoms with E-state index in [2.05, 4.69) is 24.3 Å². The van der Waals surface area contributed by atoms with Crippen LogP contribution in [0.1, 0.15) is 43.7 Å². The SMILES string of the molecule is C[C@@H]1[C@H](C(=O)O)CCCN1C(=O)C1CC12CCc1ccccc12. The molecule has 4 atom stereocenters. The summed E-state index contributed by atoms with van der Waals surface area (Å²) in [4.78, 5) is 26.3. The maximum absolute atomic E-state index is 13.0. The highest BCUT2D eigenvalue weighted by atomic mass is 16.4. The minimum Gasteiger partial charge on any atom is -0.481 e. The van der Waals surface area contributed by atoms with Gasteiger partial charge in [-0.25, -0.2) is 0 Å². The molecule has 122 valence electrons. The number of hydrogen-bond acceptors (Lipinski definition) is 2. The van der Waals surface area contributed by atoms with E-state index in [9.17, 15) is 14.7 Å². The summed E-state index contributed by atoms with van der Waals surface area (Å²) in [6.45, 7) is 2.60. The zero-order valence-corrected chi connectivity index (χ0v) is 13.5. The smallest absolute Gasteiger partial charge is 0.308 e. The molecule has 3 aliphatic rings. The number of fused-ring (bicyclic) bond motifs is 2. The molecular formula is C19H23NO3. The van der Waals surface area contributed by atoms with E-state index in [0.717, 1.165) is 25.7 Å². The Morgan fingerprint density at radius 1 is 1.30 bits per heavy atom. The molecule has 1 aromatic rings. The fraction of sp³-hybridized carbons (Fsp3) is 0.579. The van der Waals surface area contributed by atoms with Crippen molar-refractivity contribution in [2.45, 2.75) is 50.5 Å². The molecule has 4 heteroatoms. The van der Waals surface area contributed by atoms with Gasteiger partial charge in [-0.15, -0.1) is 0 Å². The average molecular weight is 313 g/mol. The van der Waals surface area contributed by atoms with E-state index in [1.54, 1.807) is 0 Å². The zero-order valence-electron chi connectivity index (χ0n) is 13.5. The summed E-state index contributed by atoms with van der Waals surface area (Å²) in [6, 6.07) is 8.29. The summed E-state index contributed by atoms with van der Waals surface area (Å²) in [5, 5.41) is 9.36. The number of carboxylic acid groups (broad SMARTS) is 1. The minimum absolute atomic E-state index is 0.0452. The van der Waals surface area contributed by atoms with Crippen LogP contribution in [0.4, 0.5) is 0 Å². The molecule has 2 fully saturated rings. The molecule has 1 saturated heterocycles. The standard InChI is InChI=1S/C19H23NO3/c1-12-14(18(22)23)6-4-10-20(12)17(21)16-11-19(16)9-8-13-5-2-3-7-15(13)19/h2-3,5,7,12,14,16H,4,6,8-11H2,1H3,(H,22,23)/t12-,14-,16?,19?/m1/s1. The molecule has 23 heavy (non-hydrogen) atoms. The van der Waals surface area contributed by atoms with Crippen molar-refractivity contribution in [3.8, 4) is 0 Å². The van der Waals surface area contributed by atoms with Crippen LogP contribution in [-0.2, 0) is 21.4 Å². The molecule has 0 aromatic heterocycles. The molecule has 4 rings (SSSR count). The van der Waals surface area contributed by atoms with Gasteiger partial charge in [0.15, 0.2) is 0 Å². The Hall–Kier alpha value is -1.84. The van der Waals surface area contributed by atoms with Gasteiger partial charge in [-0.2, -0.15) is 0 Å². The maximum atomic E-state index is 13.0. The highest BCUT2D eigenvalue weighted by Crippen LogP contribution is 2.62. The molecule has 1 heterocycles. The number of aliphatic carboxylic acids is 1. The molecule has 2 aliphatic carbocycles. The van der Waals surface area contributed by atoms with E-state index < -0.39 is 11.9 Å². The van der Waals surface area contributed by atoms with Crippen LogP contribution in [0.2, 0.25) is 0 Å². The number of carbonyl (C=O) groups excluding carboxylic acids is 1. The summed E-state index contributed by atoms with van der Waals surface area (Å²) >= 11 is 0. The second kappa shape index (κ2) is 5.08. The lowest BCUT2D eigenvalue weighted by molar-refractivity contribution is -0.149. The zero-order chi connectivity index (χ0) is 16.2. The molecule has 1 spiro atoms. The van der Waals surface area contributed by atoms with Gasteiger partial charge >= 0.3 is 5.97 Å². The van der Waals surface area contributed by atoms with Gasteiger partial charge in [0.25, 0.3) is 0 Å². The minimum atomic E-state index is -0.772. The second-order valence-corrected chi connectivity index (χ2v) is 7.43. The number of carbonyl (C=O) groups is 2. The highest BCUT2D eigenvalue weighted by molar-refractivity contribution is 5.86. The third-order valence-electron chi connectivity index (χ3n) is 6.36. The summed E-state index contributed by atoms with van der Waals surface area (Å²) in [7, 11) is 0. The number of hydrogen-bond donors (Lipinski definition) is 1. The van der Waals surface area contributed by atoms with Gasteiger partial charge in [0.05, 0.1) is 5.92 Å². The lowest BCUT2D eigenvalue weighted by Gasteiger charge is -2.38. The first-order valence-corrected chi connectivity index (χ1v) is 8.66. The summed E-state index contributed by atoms with van der Waals surface area (Å²) in [5.41, 5.74) is 2.79. The molecule has 0 radical (unpaired) electrons. The Bertz CT molecular complexity index is 670. The summed E-state index contributed by atoms with van der Waals surface area (Å²) in [5.74, 6) is -0.953. The van der Waals surface area contributed by atoms with Crippen molar-refractivity contribution in [2.24, 2.45) is 11.8 Å². The van der Waals surface area contributed by atoms with Gasteiger partial charge in [0.1, 0.15) is 0 Å². The highest BCUT2D eigenvalue weighted by Gasteiger charge is 2.62. The molecule has 0 bridgehead atoms. The first-order chi connectivity index (χ1) is 11.0. The number of rotatable bonds is 2. The number of nitrogens with zero attached hydrogens (tertiary/aromatic N) is 1. The van der Waals surface area contributed by atoms with Gasteiger partial charge in [-0.05, 0) is 50.2 Å². The Labute approximate surface area is 136 Å². The maximum Gasteiger partial charge on any atom is 0.308 e. The molecule has 1 amide bonds. The third-order valence-corrected chi connectivity index (χ3v) is 6.36. The monoisotopic (exact) mass is 313 g/mol. The number of amides is 1. The van der Waals surface area contributed by atoms with Crippen molar-refractivity contribution >= 4 is 11.9 Å². The van der Waals surface area contributed by atoms with Crippen molar-refractivity contribution in [2.75, 3.05) is 6.54 Å². The van der Waals surface area contributed by atoms with Crippen molar-refractivity contribution in [3.63, 3.8) is 0 Å². The molecule has 1 N–H and O–H groups in total. The summed E-state index contributed by atoms with van der Waals surface area (Å²) in [6.07, 6.45) is 4.53. The van der Waals surface area contributed by atoms with Gasteiger partial charge in [0, 0.05) is 23.9 Å². The van der Waals surface area contributed by atoms with Crippen LogP contribution in [0.5, 0.6) is 0 Å². The molecule has 4 nitrogen and oxygen atoms in total. The van der Waals surface area contributed by atoms with Crippen molar-refractivity contribution in [1.82, 2.24) is 4.90 Å². The number of benzene rings is 1. The van der Waals surface area contributed by atoms with Crippen molar-refractivity contribution in [1.29, 1.82) is 0 Å². The Kier molecular flexibility index (Phi) is 3.26. The van der Waals surface area contributed by atoms with Crippen LogP contribution in [-0.4, -0.2) is 34.5 Å². The van der Waals surface area contributed by atoms with Gasteiger partial charge in [0.2, 0.25) is 5.91 Å². The van der Waals surface area contributed by atoms with Crippen molar-refractivity contribution < 1.29 is 14.7 Å². The first-order valence-electron chi connectivity index (χ1n) is 8.66. The van der Waals surface area contributed by atoms with Gasteiger partial charge in [-0.3, -0.25) is 9.59 Å². The molecule has 2 unspecified atom stereocenters. The molecule has 1 saturated carbocycles. The number of carboxylic acids is 1. The van der Waals surface area contributed by atoms with Crippen LogP contribution in [0.3, 0.4) is 0 Å². The largest absolute Gasteiger partial charge is 0.481 e. The van der Waals surface area contributed by atoms with Crippen LogP contribution < -0.4 is 0 Å². The van der Waals surface area contributed by atoms with E-state index in [1.165, 1.54) is 11.1 Å². The predicted octanol–water partition coefficient (Wildman–Crippen LogP) is 2.60. The van der Waals surface area contributed by atoms with Gasteiger partial charge < -0.3 is 10.0 Å². The Balaban J connectivity index is 1.55. The Morgan fingerprint density at radius 3 is 2.87 bits per heavy atom. The lowest BCUT2D eigenvalue weighted by Crippen LogP contribution is -2.50. The van der Waals surface area contributed by atoms with E-state index >= 15 is 0 Å². The third kappa shape index (κ3) is 2.11. The summed E-state index contributed by atoms with van der Waals surface area (Å²) < 4.78 is 0. The van der Waals surface area contributed by atoms with E-state index in [1.807, 2.05) is 11.8 Å². The molecule has 1 aliphatic heterocycles. The first kappa shape index (κ1) is 14.7. The van der Waals surface area contributed by atoms with E-state index in [4.69, 9.17) is 0 Å². The van der Waals surface area contributed by atoms with Crippen LogP contribution in [0.15, 0.2) is 24.3 Å². The topological polar surface area (TPSA) is 57.6 Å². The quantitative estimate of drug-likeness (QED) is 0.913. The van der Waals surface area contributed by atoms with E-state index in [0.29, 0.717) is 13.0 Å². The number of piperidine rings is 1. The molecular weight excluding hydrogens is 290 g/mol. The molecule has 1 aromatic carbocycles. The lowest BCUT2D eigenvalue weighted by atomic mass is 9.89. The average Bonchev–Trinajstić information content (AvgIpc) is 3.16. The van der Waals surface area contributed by atoms with Crippen LogP contribution in [0, 0.1) is 11.8 Å². The fourth-order valence-electron chi connectivity index (χ4n) is 4.90. The fourth-order valence-corrected chi connectivity index (χ4v) is 4.90. The van der Waals surface area contributed by atoms with Crippen LogP contribution in [0.25, 0.3) is 0 Å². The predicted molar refractivity (Wildman–Crippen MR) is 86.1 cm³/mol. The van der Waals surface area contributed by atoms with Crippen LogP contribution >= 0.6 is 0 Å². The van der Waals surface area contributed by atoms with E-state index in [-0.39, 0.29) is 23.3 Å². The van der Waals surface area contributed by atoms with Crippen molar-refractivity contribution in [3.05, 3.63) is 35.4 Å². The second-order valence-electron chi connectivity index (χ2n) is 7.43. The number of likely N-dealkylation sites (tertiary alicyclic amines) is 1. The Morgan fingerprint density at radius 2 is 2.09 bits per heavy atom.